The minimum Gasteiger partial charge on any atom is -0.361 e. The molecule has 3 aromatic rings. The summed E-state index contributed by atoms with van der Waals surface area (Å²) in [5, 5.41) is 4.00. The highest BCUT2D eigenvalue weighted by Crippen LogP contribution is 2.42. The van der Waals surface area contributed by atoms with Crippen LogP contribution >= 0.6 is 0 Å². The second-order valence-electron chi connectivity index (χ2n) is 8.37. The molecular formula is C22H24N6O3. The SMILES string of the molecule is Cc1cc(CN(C)C(=O)[C@H]2[C@@H]3C[C@@H](CN(c4ncccn4)C3)c3cccc(=O)n32)no1. The number of rotatable bonds is 4. The van der Waals surface area contributed by atoms with Crippen molar-refractivity contribution in [3.8, 4) is 0 Å². The van der Waals surface area contributed by atoms with E-state index in [2.05, 4.69) is 20.0 Å². The van der Waals surface area contributed by atoms with E-state index < -0.39 is 6.04 Å². The van der Waals surface area contributed by atoms with Crippen molar-refractivity contribution in [2.45, 2.75) is 31.8 Å². The zero-order valence-electron chi connectivity index (χ0n) is 17.5. The van der Waals surface area contributed by atoms with E-state index in [0.29, 0.717) is 30.5 Å². The van der Waals surface area contributed by atoms with Crippen LogP contribution in [0.3, 0.4) is 0 Å². The largest absolute Gasteiger partial charge is 0.361 e. The van der Waals surface area contributed by atoms with Gasteiger partial charge in [0.1, 0.15) is 17.5 Å². The summed E-state index contributed by atoms with van der Waals surface area (Å²) >= 11 is 0. The minimum atomic E-state index is -0.579. The molecule has 160 valence electrons. The van der Waals surface area contributed by atoms with Gasteiger partial charge in [0.15, 0.2) is 0 Å². The monoisotopic (exact) mass is 420 g/mol. The van der Waals surface area contributed by atoms with Crippen LogP contribution in [0.15, 0.2) is 52.0 Å². The van der Waals surface area contributed by atoms with E-state index in [9.17, 15) is 9.59 Å². The van der Waals surface area contributed by atoms with E-state index in [1.807, 2.05) is 19.1 Å². The Balaban J connectivity index is 1.50. The van der Waals surface area contributed by atoms with E-state index in [1.165, 1.54) is 6.07 Å². The lowest BCUT2D eigenvalue weighted by molar-refractivity contribution is -0.136. The summed E-state index contributed by atoms with van der Waals surface area (Å²) in [5.41, 5.74) is 1.44. The first-order valence-corrected chi connectivity index (χ1v) is 10.4. The molecule has 0 saturated carbocycles. The van der Waals surface area contributed by atoms with Gasteiger partial charge in [0.05, 0.1) is 6.54 Å². The zero-order chi connectivity index (χ0) is 21.5. The van der Waals surface area contributed by atoms with E-state index >= 15 is 0 Å². The zero-order valence-corrected chi connectivity index (χ0v) is 17.5. The predicted octanol–water partition coefficient (Wildman–Crippen LogP) is 1.76. The van der Waals surface area contributed by atoms with Crippen LogP contribution in [0, 0.1) is 12.8 Å². The lowest BCUT2D eigenvalue weighted by Crippen LogP contribution is -2.53. The number of aryl methyl sites for hydroxylation is 1. The minimum absolute atomic E-state index is 0.0239. The summed E-state index contributed by atoms with van der Waals surface area (Å²) in [7, 11) is 1.74. The third-order valence-corrected chi connectivity index (χ3v) is 6.19. The van der Waals surface area contributed by atoms with Gasteiger partial charge in [-0.25, -0.2) is 9.97 Å². The maximum absolute atomic E-state index is 13.6. The molecule has 0 aromatic carbocycles. The fraction of sp³-hybridized carbons (Fsp3) is 0.409. The average Bonchev–Trinajstić information content (AvgIpc) is 3.19. The highest BCUT2D eigenvalue weighted by Gasteiger charge is 2.45. The van der Waals surface area contributed by atoms with Crippen LogP contribution in [0.4, 0.5) is 5.95 Å². The second-order valence-corrected chi connectivity index (χ2v) is 8.37. The van der Waals surface area contributed by atoms with Crippen molar-refractivity contribution in [2.24, 2.45) is 5.92 Å². The van der Waals surface area contributed by atoms with Gasteiger partial charge in [0.25, 0.3) is 5.56 Å². The van der Waals surface area contributed by atoms with Gasteiger partial charge < -0.3 is 14.3 Å². The number of carbonyl (C=O) groups is 1. The van der Waals surface area contributed by atoms with E-state index in [-0.39, 0.29) is 23.3 Å². The Kier molecular flexibility index (Phi) is 4.80. The van der Waals surface area contributed by atoms with Gasteiger partial charge in [-0.05, 0) is 25.5 Å². The molecule has 0 spiro atoms. The number of aromatic nitrogens is 4. The molecule has 9 heteroatoms. The fourth-order valence-corrected chi connectivity index (χ4v) is 4.91. The summed E-state index contributed by atoms with van der Waals surface area (Å²) in [6, 6.07) is 8.29. The number of hydrogen-bond acceptors (Lipinski definition) is 7. The topological polar surface area (TPSA) is 97.4 Å². The molecule has 0 aliphatic carbocycles. The Labute approximate surface area is 179 Å². The summed E-state index contributed by atoms with van der Waals surface area (Å²) in [6.45, 7) is 3.48. The number of pyridine rings is 1. The number of piperidine rings is 1. The van der Waals surface area contributed by atoms with Crippen molar-refractivity contribution in [1.82, 2.24) is 24.6 Å². The van der Waals surface area contributed by atoms with Crippen LogP contribution in [0.25, 0.3) is 0 Å². The van der Waals surface area contributed by atoms with Crippen molar-refractivity contribution in [3.05, 3.63) is 70.2 Å². The number of nitrogens with zero attached hydrogens (tertiary/aromatic N) is 6. The van der Waals surface area contributed by atoms with Crippen molar-refractivity contribution < 1.29 is 9.32 Å². The predicted molar refractivity (Wildman–Crippen MR) is 113 cm³/mol. The molecule has 0 unspecified atom stereocenters. The van der Waals surface area contributed by atoms with Crippen molar-refractivity contribution in [2.75, 3.05) is 25.0 Å². The summed E-state index contributed by atoms with van der Waals surface area (Å²) in [6.07, 6.45) is 4.29. The molecule has 9 nitrogen and oxygen atoms in total. The van der Waals surface area contributed by atoms with Crippen LogP contribution in [0.1, 0.15) is 35.5 Å². The molecule has 1 amide bonds. The Bertz CT molecular complexity index is 1160. The number of amides is 1. The molecule has 2 bridgehead atoms. The first kappa shape index (κ1) is 19.5. The van der Waals surface area contributed by atoms with Gasteiger partial charge in [0, 0.05) is 62.2 Å². The van der Waals surface area contributed by atoms with Crippen LogP contribution in [0.5, 0.6) is 0 Å². The van der Waals surface area contributed by atoms with Gasteiger partial charge in [-0.2, -0.15) is 0 Å². The number of likely N-dealkylation sites (N-methyl/N-ethyl adjacent to an activating group) is 1. The molecule has 3 aromatic heterocycles. The second kappa shape index (κ2) is 7.64. The standard InChI is InChI=1S/C22H24N6O3/c1-14-9-17(25-31-14)13-26(2)21(30)20-16-10-15(18-5-3-6-19(29)28(18)20)11-27(12-16)22-23-7-4-8-24-22/h3-9,15-16,20H,10-13H2,1-2H3/t15-,16+,20+/m0/s1. The van der Waals surface area contributed by atoms with E-state index in [0.717, 1.165) is 18.7 Å². The number of anilines is 1. The van der Waals surface area contributed by atoms with Crippen LogP contribution in [-0.4, -0.2) is 50.6 Å². The Morgan fingerprint density at radius 1 is 1.23 bits per heavy atom. The van der Waals surface area contributed by atoms with Crippen LogP contribution < -0.4 is 10.5 Å². The first-order chi connectivity index (χ1) is 15.0. The number of hydrogen-bond donors (Lipinski definition) is 0. The molecule has 5 rings (SSSR count). The maximum atomic E-state index is 13.6. The normalized spacial score (nSPS) is 22.1. The summed E-state index contributed by atoms with van der Waals surface area (Å²) in [4.78, 5) is 39.0. The fourth-order valence-electron chi connectivity index (χ4n) is 4.91. The summed E-state index contributed by atoms with van der Waals surface area (Å²) < 4.78 is 6.83. The lowest BCUT2D eigenvalue weighted by Gasteiger charge is -2.46. The lowest BCUT2D eigenvalue weighted by atomic mass is 9.78. The third-order valence-electron chi connectivity index (χ3n) is 6.19. The maximum Gasteiger partial charge on any atom is 0.251 e. The molecule has 31 heavy (non-hydrogen) atoms. The van der Waals surface area contributed by atoms with E-state index in [4.69, 9.17) is 4.52 Å². The molecule has 5 heterocycles. The first-order valence-electron chi connectivity index (χ1n) is 10.4. The van der Waals surface area contributed by atoms with Gasteiger partial charge in [-0.3, -0.25) is 14.2 Å². The number of carbonyl (C=O) groups excluding carboxylic acids is 1. The molecule has 3 atom stereocenters. The average molecular weight is 420 g/mol. The molecule has 2 aliphatic rings. The highest BCUT2D eigenvalue weighted by molar-refractivity contribution is 5.81. The van der Waals surface area contributed by atoms with E-state index in [1.54, 1.807) is 41.0 Å². The highest BCUT2D eigenvalue weighted by atomic mass is 16.5. The van der Waals surface area contributed by atoms with Gasteiger partial charge >= 0.3 is 0 Å². The van der Waals surface area contributed by atoms with Crippen molar-refractivity contribution in [3.63, 3.8) is 0 Å². The molecule has 1 saturated heterocycles. The molecule has 0 radical (unpaired) electrons. The van der Waals surface area contributed by atoms with Crippen LogP contribution in [-0.2, 0) is 11.3 Å². The van der Waals surface area contributed by atoms with Crippen molar-refractivity contribution in [1.29, 1.82) is 0 Å². The molecular weight excluding hydrogens is 396 g/mol. The Hall–Kier alpha value is -3.49. The smallest absolute Gasteiger partial charge is 0.251 e. The summed E-state index contributed by atoms with van der Waals surface area (Å²) in [5.74, 6) is 1.37. The third kappa shape index (κ3) is 3.49. The van der Waals surface area contributed by atoms with Crippen LogP contribution in [0.2, 0.25) is 0 Å². The van der Waals surface area contributed by atoms with Crippen molar-refractivity contribution >= 4 is 11.9 Å². The molecule has 0 N–H and O–H groups in total. The van der Waals surface area contributed by atoms with Gasteiger partial charge in [0.2, 0.25) is 11.9 Å². The number of fused-ring (bicyclic) bond motifs is 4. The van der Waals surface area contributed by atoms with Gasteiger partial charge in [-0.15, -0.1) is 0 Å². The Morgan fingerprint density at radius 2 is 2.03 bits per heavy atom. The molecule has 2 aliphatic heterocycles. The quantitative estimate of drug-likeness (QED) is 0.634. The Morgan fingerprint density at radius 3 is 2.77 bits per heavy atom. The molecule has 1 fully saturated rings. The van der Waals surface area contributed by atoms with Gasteiger partial charge in [-0.1, -0.05) is 11.2 Å².